The molecule has 0 spiro atoms. The van der Waals surface area contributed by atoms with Crippen LogP contribution in [0, 0.1) is 6.92 Å². The monoisotopic (exact) mass is 505 g/mol. The molecule has 0 aromatic heterocycles. The topological polar surface area (TPSA) is 105 Å². The molecule has 0 saturated heterocycles. The van der Waals surface area contributed by atoms with Crippen molar-refractivity contribution in [2.75, 3.05) is 31.3 Å². The number of hydrogen-bond donors (Lipinski definition) is 1. The lowest BCUT2D eigenvalue weighted by Gasteiger charge is -2.32. The van der Waals surface area contributed by atoms with E-state index in [1.165, 1.54) is 12.0 Å². The summed E-state index contributed by atoms with van der Waals surface area (Å²) in [5, 5.41) is 2.82. The van der Waals surface area contributed by atoms with Gasteiger partial charge in [0, 0.05) is 12.6 Å². The predicted octanol–water partition coefficient (Wildman–Crippen LogP) is 2.72. The van der Waals surface area contributed by atoms with Gasteiger partial charge in [-0.25, -0.2) is 8.42 Å². The quantitative estimate of drug-likeness (QED) is 0.504. The number of nitrogens with zero attached hydrogens (tertiary/aromatic N) is 2. The molecule has 0 aliphatic heterocycles. The van der Waals surface area contributed by atoms with Crippen LogP contribution in [0.15, 0.2) is 42.5 Å². The fraction of sp³-hybridized carbons (Fsp3) is 0.440. The van der Waals surface area contributed by atoms with Crippen molar-refractivity contribution in [1.82, 2.24) is 10.2 Å². The number of hydrogen-bond acceptors (Lipinski definition) is 6. The molecule has 10 heteroatoms. The molecule has 1 atom stereocenters. The van der Waals surface area contributed by atoms with Gasteiger partial charge >= 0.3 is 0 Å². The Morgan fingerprint density at radius 3 is 2.14 bits per heavy atom. The van der Waals surface area contributed by atoms with Crippen molar-refractivity contribution >= 4 is 27.5 Å². The van der Waals surface area contributed by atoms with Crippen molar-refractivity contribution in [3.8, 4) is 11.5 Å². The second-order valence-electron chi connectivity index (χ2n) is 8.65. The van der Waals surface area contributed by atoms with Crippen LogP contribution in [-0.2, 0) is 26.2 Å². The summed E-state index contributed by atoms with van der Waals surface area (Å²) < 4.78 is 37.1. The summed E-state index contributed by atoms with van der Waals surface area (Å²) in [6, 6.07) is 11.2. The molecule has 9 nitrogen and oxygen atoms in total. The molecule has 0 saturated carbocycles. The second-order valence-corrected chi connectivity index (χ2v) is 10.6. The highest BCUT2D eigenvalue weighted by atomic mass is 32.2. The molecular formula is C25H35N3O6S. The third kappa shape index (κ3) is 7.61. The molecule has 35 heavy (non-hydrogen) atoms. The van der Waals surface area contributed by atoms with E-state index in [4.69, 9.17) is 9.47 Å². The van der Waals surface area contributed by atoms with Crippen LogP contribution >= 0.6 is 0 Å². The number of amides is 2. The van der Waals surface area contributed by atoms with Crippen molar-refractivity contribution in [3.05, 3.63) is 53.6 Å². The summed E-state index contributed by atoms with van der Waals surface area (Å²) in [6.07, 6.45) is 1.03. The minimum atomic E-state index is -3.85. The third-order valence-corrected chi connectivity index (χ3v) is 6.52. The van der Waals surface area contributed by atoms with E-state index in [1.807, 2.05) is 20.8 Å². The zero-order valence-electron chi connectivity index (χ0n) is 21.4. The zero-order valence-corrected chi connectivity index (χ0v) is 22.2. The van der Waals surface area contributed by atoms with Crippen LogP contribution in [0.1, 0.15) is 31.9 Å². The molecule has 192 valence electrons. The Morgan fingerprint density at radius 1 is 1.00 bits per heavy atom. The number of sulfonamides is 1. The smallest absolute Gasteiger partial charge is 0.244 e. The second kappa shape index (κ2) is 11.9. The minimum Gasteiger partial charge on any atom is -0.497 e. The van der Waals surface area contributed by atoms with E-state index in [0.29, 0.717) is 11.5 Å². The average Bonchev–Trinajstić information content (AvgIpc) is 2.79. The summed E-state index contributed by atoms with van der Waals surface area (Å²) in [4.78, 5) is 27.8. The lowest BCUT2D eigenvalue weighted by Crippen LogP contribution is -2.52. The Labute approximate surface area is 208 Å². The van der Waals surface area contributed by atoms with E-state index < -0.39 is 28.5 Å². The normalized spacial score (nSPS) is 12.1. The van der Waals surface area contributed by atoms with E-state index in [2.05, 4.69) is 5.32 Å². The van der Waals surface area contributed by atoms with Crippen molar-refractivity contribution in [2.24, 2.45) is 0 Å². The maximum atomic E-state index is 13.6. The van der Waals surface area contributed by atoms with Crippen LogP contribution in [0.5, 0.6) is 11.5 Å². The summed E-state index contributed by atoms with van der Waals surface area (Å²) in [5.41, 5.74) is 1.83. The van der Waals surface area contributed by atoms with Crippen molar-refractivity contribution < 1.29 is 27.5 Å². The fourth-order valence-electron chi connectivity index (χ4n) is 3.51. The SMILES string of the molecule is COc1ccc(CN(C(=O)CN(c2cc(C)ccc2OC)S(C)(=O)=O)[C@@H](C)C(=O)NC(C)C)cc1. The van der Waals surface area contributed by atoms with Crippen LogP contribution in [0.2, 0.25) is 0 Å². The molecule has 2 amide bonds. The number of aryl methyl sites for hydroxylation is 1. The van der Waals surface area contributed by atoms with Crippen LogP contribution < -0.4 is 19.1 Å². The average molecular weight is 506 g/mol. The van der Waals surface area contributed by atoms with Gasteiger partial charge < -0.3 is 19.7 Å². The van der Waals surface area contributed by atoms with E-state index >= 15 is 0 Å². The third-order valence-electron chi connectivity index (χ3n) is 5.39. The van der Waals surface area contributed by atoms with Gasteiger partial charge in [-0.05, 0) is 63.1 Å². The summed E-state index contributed by atoms with van der Waals surface area (Å²) in [6.45, 7) is 6.72. The van der Waals surface area contributed by atoms with Gasteiger partial charge in [-0.15, -0.1) is 0 Å². The molecule has 0 unspecified atom stereocenters. The molecule has 0 bridgehead atoms. The highest BCUT2D eigenvalue weighted by Crippen LogP contribution is 2.31. The first-order valence-corrected chi connectivity index (χ1v) is 13.1. The molecule has 0 radical (unpaired) electrons. The number of carbonyl (C=O) groups is 2. The maximum absolute atomic E-state index is 13.6. The van der Waals surface area contributed by atoms with Crippen molar-refractivity contribution in [2.45, 2.75) is 46.3 Å². The summed E-state index contributed by atoms with van der Waals surface area (Å²) in [5.74, 6) is 0.121. The molecule has 0 aliphatic rings. The van der Waals surface area contributed by atoms with Gasteiger partial charge in [0.2, 0.25) is 21.8 Å². The van der Waals surface area contributed by atoms with Gasteiger partial charge in [0.05, 0.1) is 26.2 Å². The van der Waals surface area contributed by atoms with Crippen LogP contribution in [-0.4, -0.2) is 64.2 Å². The number of methoxy groups -OCH3 is 2. The van der Waals surface area contributed by atoms with E-state index in [0.717, 1.165) is 21.7 Å². The first-order chi connectivity index (χ1) is 16.4. The van der Waals surface area contributed by atoms with E-state index in [9.17, 15) is 18.0 Å². The molecule has 0 aliphatic carbocycles. The van der Waals surface area contributed by atoms with Crippen molar-refractivity contribution in [3.63, 3.8) is 0 Å². The van der Waals surface area contributed by atoms with Gasteiger partial charge in [0.1, 0.15) is 24.1 Å². The number of nitrogens with one attached hydrogen (secondary N) is 1. The molecule has 2 rings (SSSR count). The molecule has 2 aromatic carbocycles. The van der Waals surface area contributed by atoms with Crippen LogP contribution in [0.3, 0.4) is 0 Å². The fourth-order valence-corrected chi connectivity index (χ4v) is 4.35. The van der Waals surface area contributed by atoms with Gasteiger partial charge in [-0.1, -0.05) is 18.2 Å². The first-order valence-electron chi connectivity index (χ1n) is 11.2. The zero-order chi connectivity index (χ0) is 26.3. The molecular weight excluding hydrogens is 470 g/mol. The van der Waals surface area contributed by atoms with Gasteiger partial charge in [0.25, 0.3) is 0 Å². The number of rotatable bonds is 11. The van der Waals surface area contributed by atoms with Crippen LogP contribution in [0.4, 0.5) is 5.69 Å². The number of ether oxygens (including phenoxy) is 2. The largest absolute Gasteiger partial charge is 0.497 e. The van der Waals surface area contributed by atoms with E-state index in [1.54, 1.807) is 56.5 Å². The molecule has 2 aromatic rings. The Balaban J connectivity index is 2.45. The minimum absolute atomic E-state index is 0.109. The Morgan fingerprint density at radius 2 is 1.63 bits per heavy atom. The highest BCUT2D eigenvalue weighted by molar-refractivity contribution is 7.92. The lowest BCUT2D eigenvalue weighted by atomic mass is 10.1. The van der Waals surface area contributed by atoms with Gasteiger partial charge in [0.15, 0.2) is 0 Å². The van der Waals surface area contributed by atoms with Gasteiger partial charge in [-0.2, -0.15) is 0 Å². The Kier molecular flexibility index (Phi) is 9.53. The van der Waals surface area contributed by atoms with Gasteiger partial charge in [-0.3, -0.25) is 13.9 Å². The number of carbonyl (C=O) groups excluding carboxylic acids is 2. The molecule has 0 fully saturated rings. The standard InChI is InChI=1S/C25H35N3O6S/c1-17(2)26-25(30)19(4)27(15-20-9-11-21(33-5)12-10-20)24(29)16-28(35(7,31)32)22-14-18(3)8-13-23(22)34-6/h8-14,17,19H,15-16H2,1-7H3,(H,26,30)/t19-/m0/s1. The number of anilines is 1. The first kappa shape index (κ1) is 28.0. The lowest BCUT2D eigenvalue weighted by molar-refractivity contribution is -0.139. The molecule has 1 N–H and O–H groups in total. The predicted molar refractivity (Wildman–Crippen MR) is 136 cm³/mol. The summed E-state index contributed by atoms with van der Waals surface area (Å²) >= 11 is 0. The Hall–Kier alpha value is -3.27. The maximum Gasteiger partial charge on any atom is 0.244 e. The summed E-state index contributed by atoms with van der Waals surface area (Å²) in [7, 11) is -0.861. The van der Waals surface area contributed by atoms with Crippen LogP contribution in [0.25, 0.3) is 0 Å². The highest BCUT2D eigenvalue weighted by Gasteiger charge is 2.31. The number of benzene rings is 2. The molecule has 0 heterocycles. The Bertz CT molecular complexity index is 1130. The van der Waals surface area contributed by atoms with Crippen molar-refractivity contribution in [1.29, 1.82) is 0 Å². The van der Waals surface area contributed by atoms with E-state index in [-0.39, 0.29) is 24.2 Å².